The fourth-order valence-corrected chi connectivity index (χ4v) is 5.86. The average molecular weight is 456 g/mol. The molecule has 0 spiro atoms. The number of halogens is 2. The van der Waals surface area contributed by atoms with Crippen LogP contribution in [0.2, 0.25) is 0 Å². The van der Waals surface area contributed by atoms with Crippen molar-refractivity contribution in [2.24, 2.45) is 5.41 Å². The lowest BCUT2D eigenvalue weighted by Crippen LogP contribution is -2.38. The van der Waals surface area contributed by atoms with Gasteiger partial charge in [-0.3, -0.25) is 0 Å². The van der Waals surface area contributed by atoms with Gasteiger partial charge in [-0.25, -0.2) is 23.7 Å². The Hall–Kier alpha value is -4.13. The second-order valence-corrected chi connectivity index (χ2v) is 9.21. The maximum absolute atomic E-state index is 14.4. The largest absolute Gasteiger partial charge is 0.252 e. The molecule has 0 aliphatic heterocycles. The van der Waals surface area contributed by atoms with Gasteiger partial charge in [0.15, 0.2) is 0 Å². The minimum Gasteiger partial charge on any atom is -0.220 e. The van der Waals surface area contributed by atoms with Crippen LogP contribution in [0.1, 0.15) is 55.4 Å². The van der Waals surface area contributed by atoms with E-state index >= 15 is 0 Å². The molecule has 1 aromatic carbocycles. The van der Waals surface area contributed by atoms with Crippen LogP contribution in [0.5, 0.6) is 0 Å². The van der Waals surface area contributed by atoms with Crippen molar-refractivity contribution in [3.05, 3.63) is 77.3 Å². The number of aromatic nitrogens is 7. The van der Waals surface area contributed by atoms with Crippen LogP contribution in [0.3, 0.4) is 0 Å². The monoisotopic (exact) mass is 456 g/mol. The number of rotatable bonds is 3. The molecule has 4 aromatic rings. The van der Waals surface area contributed by atoms with E-state index in [1.165, 1.54) is 29.2 Å². The van der Waals surface area contributed by atoms with E-state index in [1.54, 1.807) is 12.3 Å². The lowest BCUT2D eigenvalue weighted by molar-refractivity contribution is 0.242. The standard InChI is InChI=1S/C24H18F2N8/c1-23(2)14-6-8-24(23,18-7-9-28-22(30-18)34-12-29-19(11-27)33-34)21-13(14)10-17(31-32-21)20-15(25)4-3-5-16(20)26/h3-5,7,9-10,12,14H,6,8H2,1-2H3/t14-,24+/m0/s1. The highest BCUT2D eigenvalue weighted by molar-refractivity contribution is 5.64. The molecule has 0 unspecified atom stereocenters. The zero-order valence-corrected chi connectivity index (χ0v) is 18.4. The normalized spacial score (nSPS) is 21.9. The summed E-state index contributed by atoms with van der Waals surface area (Å²) in [6.07, 6.45) is 4.73. The average Bonchev–Trinajstić information content (AvgIpc) is 3.47. The Bertz CT molecular complexity index is 1480. The van der Waals surface area contributed by atoms with E-state index in [-0.39, 0.29) is 28.4 Å². The minimum atomic E-state index is -0.670. The molecule has 2 bridgehead atoms. The van der Waals surface area contributed by atoms with Crippen LogP contribution >= 0.6 is 0 Å². The van der Waals surface area contributed by atoms with Gasteiger partial charge in [0.05, 0.1) is 28.1 Å². The highest BCUT2D eigenvalue weighted by atomic mass is 19.1. The first-order valence-corrected chi connectivity index (χ1v) is 10.8. The van der Waals surface area contributed by atoms with Crippen molar-refractivity contribution in [1.29, 1.82) is 5.26 Å². The Balaban J connectivity index is 1.51. The van der Waals surface area contributed by atoms with Crippen molar-refractivity contribution in [1.82, 2.24) is 34.9 Å². The third-order valence-corrected chi connectivity index (χ3v) is 7.48. The summed E-state index contributed by atoms with van der Waals surface area (Å²) in [7, 11) is 0. The third kappa shape index (κ3) is 2.55. The molecule has 34 heavy (non-hydrogen) atoms. The van der Waals surface area contributed by atoms with Crippen LogP contribution in [0.4, 0.5) is 8.78 Å². The molecule has 168 valence electrons. The van der Waals surface area contributed by atoms with Crippen LogP contribution in [-0.4, -0.2) is 34.9 Å². The predicted molar refractivity (Wildman–Crippen MR) is 116 cm³/mol. The van der Waals surface area contributed by atoms with Crippen molar-refractivity contribution >= 4 is 0 Å². The molecule has 0 saturated heterocycles. The first-order chi connectivity index (χ1) is 16.4. The number of fused-ring (bicyclic) bond motifs is 5. The molecular formula is C24H18F2N8. The van der Waals surface area contributed by atoms with Gasteiger partial charge in [0, 0.05) is 6.20 Å². The minimum absolute atomic E-state index is 0.0263. The smallest absolute Gasteiger partial charge is 0.220 e. The van der Waals surface area contributed by atoms with Gasteiger partial charge in [-0.1, -0.05) is 19.9 Å². The summed E-state index contributed by atoms with van der Waals surface area (Å²) >= 11 is 0. The number of benzene rings is 1. The van der Waals surface area contributed by atoms with E-state index in [4.69, 9.17) is 10.2 Å². The summed E-state index contributed by atoms with van der Waals surface area (Å²) in [6.45, 7) is 4.33. The summed E-state index contributed by atoms with van der Waals surface area (Å²) in [4.78, 5) is 13.0. The van der Waals surface area contributed by atoms with Gasteiger partial charge in [0.1, 0.15) is 24.0 Å². The molecule has 6 rings (SSSR count). The van der Waals surface area contributed by atoms with E-state index in [0.717, 1.165) is 29.8 Å². The van der Waals surface area contributed by atoms with Crippen LogP contribution in [0.25, 0.3) is 17.2 Å². The number of nitrogens with zero attached hydrogens (tertiary/aromatic N) is 8. The van der Waals surface area contributed by atoms with E-state index in [9.17, 15) is 8.78 Å². The zero-order valence-electron chi connectivity index (χ0n) is 18.4. The van der Waals surface area contributed by atoms with Gasteiger partial charge in [-0.2, -0.15) is 15.0 Å². The molecule has 8 nitrogen and oxygen atoms in total. The molecule has 3 heterocycles. The third-order valence-electron chi connectivity index (χ3n) is 7.48. The number of hydrogen-bond donors (Lipinski definition) is 0. The van der Waals surface area contributed by atoms with Crippen molar-refractivity contribution < 1.29 is 8.78 Å². The van der Waals surface area contributed by atoms with Crippen LogP contribution in [0.15, 0.2) is 42.9 Å². The highest BCUT2D eigenvalue weighted by Gasteiger charge is 2.65. The Labute approximate surface area is 193 Å². The van der Waals surface area contributed by atoms with Gasteiger partial charge >= 0.3 is 0 Å². The van der Waals surface area contributed by atoms with E-state index in [1.807, 2.05) is 12.1 Å². The van der Waals surface area contributed by atoms with Gasteiger partial charge in [0.2, 0.25) is 0 Å². The predicted octanol–water partition coefficient (Wildman–Crippen LogP) is 3.87. The van der Waals surface area contributed by atoms with Crippen LogP contribution in [-0.2, 0) is 5.41 Å². The van der Waals surface area contributed by atoms with E-state index in [2.05, 4.69) is 39.1 Å². The maximum Gasteiger partial charge on any atom is 0.252 e. The second-order valence-electron chi connectivity index (χ2n) is 9.21. The molecule has 0 N–H and O–H groups in total. The van der Waals surface area contributed by atoms with E-state index in [0.29, 0.717) is 5.95 Å². The van der Waals surface area contributed by atoms with Crippen molar-refractivity contribution in [3.63, 3.8) is 0 Å². The van der Waals surface area contributed by atoms with Gasteiger partial charge in [0.25, 0.3) is 11.8 Å². The quantitative estimate of drug-likeness (QED) is 0.461. The lowest BCUT2D eigenvalue weighted by atomic mass is 9.66. The van der Waals surface area contributed by atoms with Crippen molar-refractivity contribution in [2.45, 2.75) is 38.0 Å². The van der Waals surface area contributed by atoms with Gasteiger partial charge in [-0.05, 0) is 54.0 Å². The summed E-state index contributed by atoms with van der Waals surface area (Å²) in [5, 5.41) is 21.9. The van der Waals surface area contributed by atoms with Gasteiger partial charge in [-0.15, -0.1) is 10.2 Å². The molecular weight excluding hydrogens is 438 g/mol. The summed E-state index contributed by atoms with van der Waals surface area (Å²) in [6, 6.07) is 9.29. The molecule has 3 aromatic heterocycles. The fourth-order valence-electron chi connectivity index (χ4n) is 5.86. The second kappa shape index (κ2) is 6.93. The van der Waals surface area contributed by atoms with E-state index < -0.39 is 17.0 Å². The topological polar surface area (TPSA) is 106 Å². The molecule has 0 amide bonds. The SMILES string of the molecule is CC1(C)[C@H]2CC[C@@]1(c1ccnc(-n3cnc(C#N)n3)n1)c1nnc(-c3c(F)cccc3F)cc12. The van der Waals surface area contributed by atoms with Crippen molar-refractivity contribution in [2.75, 3.05) is 0 Å². The number of hydrogen-bond acceptors (Lipinski definition) is 7. The first kappa shape index (κ1) is 20.5. The van der Waals surface area contributed by atoms with Crippen molar-refractivity contribution in [3.8, 4) is 23.3 Å². The Morgan fingerprint density at radius 1 is 1.12 bits per heavy atom. The Kier molecular flexibility index (Phi) is 4.18. The molecule has 2 aliphatic carbocycles. The highest BCUT2D eigenvalue weighted by Crippen LogP contribution is 2.69. The lowest BCUT2D eigenvalue weighted by Gasteiger charge is -2.37. The summed E-state index contributed by atoms with van der Waals surface area (Å²) in [5.41, 5.74) is 1.66. The molecule has 2 atom stereocenters. The Morgan fingerprint density at radius 3 is 2.65 bits per heavy atom. The molecule has 10 heteroatoms. The van der Waals surface area contributed by atoms with Crippen LogP contribution in [0, 0.1) is 28.4 Å². The molecule has 1 saturated carbocycles. The Morgan fingerprint density at radius 2 is 1.91 bits per heavy atom. The summed E-state index contributed by atoms with van der Waals surface area (Å²) < 4.78 is 30.3. The molecule has 0 radical (unpaired) electrons. The van der Waals surface area contributed by atoms with Crippen LogP contribution < -0.4 is 0 Å². The summed E-state index contributed by atoms with van der Waals surface area (Å²) in [5.74, 6) is -0.890. The fraction of sp³-hybridized carbons (Fsp3) is 0.292. The molecule has 1 fully saturated rings. The molecule has 2 aliphatic rings. The zero-order chi connectivity index (χ0) is 23.7. The number of nitriles is 1. The van der Waals surface area contributed by atoms with Gasteiger partial charge < -0.3 is 0 Å². The maximum atomic E-state index is 14.4. The first-order valence-electron chi connectivity index (χ1n) is 10.8.